The van der Waals surface area contributed by atoms with E-state index < -0.39 is 23.8 Å². The molecule has 0 bridgehead atoms. The number of aromatic nitrogens is 1. The van der Waals surface area contributed by atoms with Crippen LogP contribution in [-0.2, 0) is 28.9 Å². The van der Waals surface area contributed by atoms with E-state index in [4.69, 9.17) is 0 Å². The fourth-order valence-corrected chi connectivity index (χ4v) is 6.60. The van der Waals surface area contributed by atoms with Gasteiger partial charge in [-0.1, -0.05) is 19.1 Å². The Morgan fingerprint density at radius 3 is 2.49 bits per heavy atom. The number of imide groups is 2. The second-order valence-corrected chi connectivity index (χ2v) is 10.4. The van der Waals surface area contributed by atoms with Gasteiger partial charge in [0.1, 0.15) is 10.6 Å². The quantitative estimate of drug-likeness (QED) is 0.367. The van der Waals surface area contributed by atoms with Gasteiger partial charge in [0.25, 0.3) is 11.8 Å². The molecule has 1 saturated heterocycles. The molecule has 3 heterocycles. The van der Waals surface area contributed by atoms with Crippen molar-refractivity contribution < 1.29 is 24.3 Å². The second kappa shape index (κ2) is 9.48. The Morgan fingerprint density at radius 2 is 1.81 bits per heavy atom. The predicted octanol–water partition coefficient (Wildman–Crippen LogP) is 4.96. The Labute approximate surface area is 218 Å². The average molecular weight is 518 g/mol. The van der Waals surface area contributed by atoms with Crippen LogP contribution in [0.1, 0.15) is 63.1 Å². The largest absolute Gasteiger partial charge is 0.478 e. The molecular weight excluding hydrogens is 490 g/mol. The highest BCUT2D eigenvalue weighted by atomic mass is 32.1. The smallest absolute Gasteiger partial charge is 0.339 e. The summed E-state index contributed by atoms with van der Waals surface area (Å²) in [4.78, 5) is 52.9. The van der Waals surface area contributed by atoms with Gasteiger partial charge in [-0.25, -0.2) is 14.5 Å². The van der Waals surface area contributed by atoms with E-state index >= 15 is 0 Å². The Hall–Kier alpha value is -3.98. The van der Waals surface area contributed by atoms with Crippen LogP contribution in [0.4, 0.5) is 10.5 Å². The van der Waals surface area contributed by atoms with Gasteiger partial charge in [0.15, 0.2) is 0 Å². The SMILES string of the molecule is CCc1ccc(N2C(=O)NC(=O)/C(=C\c3cc(C)n(-c4sc5c(c4C(=O)O)CCCC5)c3C)C2=O)cc1. The van der Waals surface area contributed by atoms with E-state index in [0.717, 1.165) is 58.7 Å². The lowest BCUT2D eigenvalue weighted by atomic mass is 9.95. The first kappa shape index (κ1) is 24.7. The van der Waals surface area contributed by atoms with Gasteiger partial charge in [-0.15, -0.1) is 11.3 Å². The van der Waals surface area contributed by atoms with Crippen LogP contribution >= 0.6 is 11.3 Å². The van der Waals surface area contributed by atoms with Crippen LogP contribution < -0.4 is 10.2 Å². The first-order chi connectivity index (χ1) is 17.7. The normalized spacial score (nSPS) is 16.8. The molecule has 0 atom stereocenters. The summed E-state index contributed by atoms with van der Waals surface area (Å²) < 4.78 is 1.89. The number of fused-ring (bicyclic) bond motifs is 1. The van der Waals surface area contributed by atoms with Crippen LogP contribution in [0.15, 0.2) is 35.9 Å². The molecule has 8 nitrogen and oxygen atoms in total. The molecule has 1 fully saturated rings. The maximum atomic E-state index is 13.3. The number of hydrogen-bond donors (Lipinski definition) is 2. The Balaban J connectivity index is 1.57. The van der Waals surface area contributed by atoms with Gasteiger partial charge in [0, 0.05) is 16.3 Å². The standard InChI is InChI=1S/C28H27N3O5S/c1-4-17-9-11-19(12-10-17)31-25(33)21(24(32)29-28(31)36)14-18-13-15(2)30(16(18)3)26-23(27(34)35)20-7-5-6-8-22(20)37-26/h9-14H,4-8H2,1-3H3,(H,34,35)(H,29,32,36)/b21-14+. The van der Waals surface area contributed by atoms with Gasteiger partial charge in [0.05, 0.1) is 11.3 Å². The van der Waals surface area contributed by atoms with Crippen molar-refractivity contribution in [2.24, 2.45) is 0 Å². The van der Waals surface area contributed by atoms with Crippen LogP contribution in [0.5, 0.6) is 0 Å². The Bertz CT molecular complexity index is 1490. The number of carbonyl (C=O) groups excluding carboxylic acids is 3. The van der Waals surface area contributed by atoms with E-state index in [-0.39, 0.29) is 5.57 Å². The Morgan fingerprint density at radius 1 is 1.11 bits per heavy atom. The third-order valence-electron chi connectivity index (χ3n) is 7.04. The van der Waals surface area contributed by atoms with Crippen molar-refractivity contribution in [3.63, 3.8) is 0 Å². The third kappa shape index (κ3) is 4.19. The summed E-state index contributed by atoms with van der Waals surface area (Å²) in [6, 6.07) is 8.07. The van der Waals surface area contributed by atoms with Crippen LogP contribution in [0, 0.1) is 13.8 Å². The minimum absolute atomic E-state index is 0.164. The number of rotatable bonds is 5. The van der Waals surface area contributed by atoms with E-state index in [1.807, 2.05) is 43.5 Å². The highest BCUT2D eigenvalue weighted by Crippen LogP contribution is 2.39. The van der Waals surface area contributed by atoms with Crippen molar-refractivity contribution in [2.45, 2.75) is 52.9 Å². The molecule has 2 N–H and O–H groups in total. The van der Waals surface area contributed by atoms with Gasteiger partial charge in [-0.05, 0) is 86.9 Å². The molecule has 0 saturated carbocycles. The topological polar surface area (TPSA) is 109 Å². The molecule has 9 heteroatoms. The molecule has 4 amide bonds. The summed E-state index contributed by atoms with van der Waals surface area (Å²) in [7, 11) is 0. The summed E-state index contributed by atoms with van der Waals surface area (Å²) in [6.45, 7) is 5.71. The molecule has 190 valence electrons. The molecule has 2 aromatic heterocycles. The number of carbonyl (C=O) groups is 4. The summed E-state index contributed by atoms with van der Waals surface area (Å²) in [5, 5.41) is 12.9. The third-order valence-corrected chi connectivity index (χ3v) is 8.32. The molecular formula is C28H27N3O5S. The summed E-state index contributed by atoms with van der Waals surface area (Å²) in [5.74, 6) is -2.42. The number of thiophene rings is 1. The van der Waals surface area contributed by atoms with Crippen molar-refractivity contribution in [1.29, 1.82) is 0 Å². The molecule has 0 radical (unpaired) electrons. The fourth-order valence-electron chi connectivity index (χ4n) is 5.10. The first-order valence-corrected chi connectivity index (χ1v) is 13.1. The van der Waals surface area contributed by atoms with Crippen molar-refractivity contribution in [1.82, 2.24) is 9.88 Å². The van der Waals surface area contributed by atoms with Gasteiger partial charge in [-0.2, -0.15) is 0 Å². The number of carboxylic acid groups (broad SMARTS) is 1. The first-order valence-electron chi connectivity index (χ1n) is 12.3. The number of benzene rings is 1. The number of aromatic carboxylic acids is 1. The fraction of sp³-hybridized carbons (Fsp3) is 0.286. The van der Waals surface area contributed by atoms with Crippen molar-refractivity contribution in [3.8, 4) is 5.00 Å². The van der Waals surface area contributed by atoms with E-state index in [2.05, 4.69) is 5.32 Å². The number of amides is 4. The number of nitrogens with one attached hydrogen (secondary N) is 1. The van der Waals surface area contributed by atoms with Gasteiger partial charge < -0.3 is 9.67 Å². The molecule has 5 rings (SSSR count). The lowest BCUT2D eigenvalue weighted by Gasteiger charge is -2.26. The van der Waals surface area contributed by atoms with Crippen LogP contribution in [0.3, 0.4) is 0 Å². The molecule has 1 aliphatic carbocycles. The van der Waals surface area contributed by atoms with E-state index in [0.29, 0.717) is 27.5 Å². The van der Waals surface area contributed by atoms with E-state index in [1.165, 1.54) is 17.4 Å². The monoisotopic (exact) mass is 517 g/mol. The lowest BCUT2D eigenvalue weighted by Crippen LogP contribution is -2.54. The van der Waals surface area contributed by atoms with E-state index in [1.54, 1.807) is 12.1 Å². The number of barbiturate groups is 1. The summed E-state index contributed by atoms with van der Waals surface area (Å²) in [5.41, 5.74) is 4.62. The van der Waals surface area contributed by atoms with Crippen molar-refractivity contribution in [2.75, 3.05) is 4.90 Å². The zero-order chi connectivity index (χ0) is 26.4. The molecule has 1 aromatic carbocycles. The minimum atomic E-state index is -0.952. The maximum absolute atomic E-state index is 13.3. The van der Waals surface area contributed by atoms with Crippen molar-refractivity contribution >= 4 is 46.9 Å². The highest BCUT2D eigenvalue weighted by molar-refractivity contribution is 7.15. The van der Waals surface area contributed by atoms with Crippen LogP contribution in [0.2, 0.25) is 0 Å². The zero-order valence-electron chi connectivity index (χ0n) is 20.9. The van der Waals surface area contributed by atoms with E-state index in [9.17, 15) is 24.3 Å². The molecule has 0 unspecified atom stereocenters. The number of nitrogens with zero attached hydrogens (tertiary/aromatic N) is 2. The van der Waals surface area contributed by atoms with Gasteiger partial charge >= 0.3 is 12.0 Å². The molecule has 0 spiro atoms. The second-order valence-electron chi connectivity index (χ2n) is 9.34. The molecule has 3 aromatic rings. The molecule has 37 heavy (non-hydrogen) atoms. The maximum Gasteiger partial charge on any atom is 0.339 e. The summed E-state index contributed by atoms with van der Waals surface area (Å²) >= 11 is 1.50. The number of aryl methyl sites for hydroxylation is 3. The van der Waals surface area contributed by atoms with Gasteiger partial charge in [-0.3, -0.25) is 14.9 Å². The number of urea groups is 1. The van der Waals surface area contributed by atoms with Crippen molar-refractivity contribution in [3.05, 3.63) is 74.4 Å². The zero-order valence-corrected chi connectivity index (χ0v) is 21.7. The van der Waals surface area contributed by atoms with Crippen LogP contribution in [-0.4, -0.2) is 33.5 Å². The molecule has 1 aliphatic heterocycles. The number of hydrogen-bond acceptors (Lipinski definition) is 5. The van der Waals surface area contributed by atoms with Gasteiger partial charge in [0.2, 0.25) is 0 Å². The predicted molar refractivity (Wildman–Crippen MR) is 142 cm³/mol. The Kier molecular flexibility index (Phi) is 6.33. The highest BCUT2D eigenvalue weighted by Gasteiger charge is 2.37. The average Bonchev–Trinajstić information content (AvgIpc) is 3.38. The number of anilines is 1. The lowest BCUT2D eigenvalue weighted by molar-refractivity contribution is -0.122. The summed E-state index contributed by atoms with van der Waals surface area (Å²) in [6.07, 6.45) is 5.93. The number of carboxylic acids is 1. The molecule has 2 aliphatic rings. The van der Waals surface area contributed by atoms with Crippen LogP contribution in [0.25, 0.3) is 11.1 Å². The minimum Gasteiger partial charge on any atom is -0.478 e.